The minimum atomic E-state index is 0. The maximum atomic E-state index is 2.80. The van der Waals surface area contributed by atoms with Crippen LogP contribution in [0, 0.1) is 0 Å². The molecule has 0 spiro atoms. The van der Waals surface area contributed by atoms with Gasteiger partial charge in [-0.1, -0.05) is 81.0 Å². The third-order valence-corrected chi connectivity index (χ3v) is 3.83. The molecular formula is C14H33BrNP. The average Bonchev–Trinajstić information content (AvgIpc) is 2.31. The van der Waals surface area contributed by atoms with Crippen LogP contribution in [0.4, 0.5) is 0 Å². The topological polar surface area (TPSA) is 3.24 Å². The van der Waals surface area contributed by atoms with Gasteiger partial charge in [-0.15, -0.1) is 17.0 Å². The number of unbranched alkanes of at least 4 members (excludes halogenated alkanes) is 9. The third-order valence-electron chi connectivity index (χ3n) is 3.21. The van der Waals surface area contributed by atoms with Gasteiger partial charge in [0.1, 0.15) is 0 Å². The fourth-order valence-corrected chi connectivity index (χ4v) is 2.14. The summed E-state index contributed by atoms with van der Waals surface area (Å²) in [6.45, 7) is 6.90. The molecule has 0 saturated carbocycles. The van der Waals surface area contributed by atoms with Crippen molar-refractivity contribution < 1.29 is 0 Å². The van der Waals surface area contributed by atoms with E-state index in [1.165, 1.54) is 70.8 Å². The van der Waals surface area contributed by atoms with E-state index in [0.717, 1.165) is 6.54 Å². The molecule has 0 aliphatic carbocycles. The van der Waals surface area contributed by atoms with Crippen LogP contribution in [0.5, 0.6) is 0 Å². The summed E-state index contributed by atoms with van der Waals surface area (Å²) in [4.78, 5) is 0. The second-order valence-electron chi connectivity index (χ2n) is 4.81. The Labute approximate surface area is 122 Å². The predicted molar refractivity (Wildman–Crippen MR) is 89.1 cm³/mol. The van der Waals surface area contributed by atoms with Crippen LogP contribution in [-0.4, -0.2) is 17.8 Å². The van der Waals surface area contributed by atoms with Crippen LogP contribution in [0.2, 0.25) is 0 Å². The van der Waals surface area contributed by atoms with Gasteiger partial charge < -0.3 is 0 Å². The summed E-state index contributed by atoms with van der Waals surface area (Å²) in [5, 5.41) is 0. The SMILES string of the molecule is Br.CCCCCCCCCCCCN(P)CC. The Kier molecular flexibility index (Phi) is 20.0. The quantitative estimate of drug-likeness (QED) is 0.333. The highest BCUT2D eigenvalue weighted by Crippen LogP contribution is 2.11. The molecule has 0 aromatic carbocycles. The van der Waals surface area contributed by atoms with E-state index in [1.807, 2.05) is 0 Å². The van der Waals surface area contributed by atoms with E-state index in [2.05, 4.69) is 27.9 Å². The van der Waals surface area contributed by atoms with Gasteiger partial charge in [-0.3, -0.25) is 4.67 Å². The minimum absolute atomic E-state index is 0. The van der Waals surface area contributed by atoms with Crippen molar-refractivity contribution in [2.24, 2.45) is 0 Å². The fourth-order valence-electron chi connectivity index (χ4n) is 1.96. The lowest BCUT2D eigenvalue weighted by atomic mass is 10.1. The molecule has 0 saturated heterocycles. The summed E-state index contributed by atoms with van der Waals surface area (Å²) in [5.41, 5.74) is 0. The molecule has 106 valence electrons. The van der Waals surface area contributed by atoms with Crippen molar-refractivity contribution in [1.82, 2.24) is 4.67 Å². The van der Waals surface area contributed by atoms with Gasteiger partial charge in [0.05, 0.1) is 0 Å². The molecule has 0 N–H and O–H groups in total. The van der Waals surface area contributed by atoms with Gasteiger partial charge in [0.25, 0.3) is 0 Å². The molecule has 0 rings (SSSR count). The average molecular weight is 326 g/mol. The lowest BCUT2D eigenvalue weighted by molar-refractivity contribution is 0.459. The molecule has 0 amide bonds. The largest absolute Gasteiger partial charge is 0.288 e. The minimum Gasteiger partial charge on any atom is -0.288 e. The second kappa shape index (κ2) is 16.9. The monoisotopic (exact) mass is 325 g/mol. The summed E-state index contributed by atoms with van der Waals surface area (Å²) >= 11 is 0. The molecule has 0 bridgehead atoms. The summed E-state index contributed by atoms with van der Waals surface area (Å²) in [6, 6.07) is 0. The van der Waals surface area contributed by atoms with Crippen molar-refractivity contribution in [3.8, 4) is 0 Å². The summed E-state index contributed by atoms with van der Waals surface area (Å²) in [6.07, 6.45) is 14.3. The molecule has 1 nitrogen and oxygen atoms in total. The Morgan fingerprint density at radius 3 is 1.53 bits per heavy atom. The maximum absolute atomic E-state index is 2.80. The lowest BCUT2D eigenvalue weighted by Crippen LogP contribution is -2.11. The Bertz CT molecular complexity index is 133. The molecule has 1 atom stereocenters. The van der Waals surface area contributed by atoms with Crippen molar-refractivity contribution >= 4 is 26.4 Å². The first-order valence-corrected chi connectivity index (χ1v) is 7.82. The fraction of sp³-hybridized carbons (Fsp3) is 1.00. The molecule has 1 unspecified atom stereocenters. The molecule has 0 aliphatic heterocycles. The molecule has 0 radical (unpaired) electrons. The number of halogens is 1. The normalized spacial score (nSPS) is 10.6. The van der Waals surface area contributed by atoms with E-state index < -0.39 is 0 Å². The zero-order valence-electron chi connectivity index (χ0n) is 11.9. The number of hydrogen-bond acceptors (Lipinski definition) is 1. The van der Waals surface area contributed by atoms with E-state index in [-0.39, 0.29) is 17.0 Å². The van der Waals surface area contributed by atoms with Gasteiger partial charge in [0.2, 0.25) is 0 Å². The molecule has 17 heavy (non-hydrogen) atoms. The van der Waals surface area contributed by atoms with Gasteiger partial charge in [-0.25, -0.2) is 0 Å². The van der Waals surface area contributed by atoms with Crippen molar-refractivity contribution in [3.05, 3.63) is 0 Å². The first-order valence-electron chi connectivity index (χ1n) is 7.30. The van der Waals surface area contributed by atoms with Gasteiger partial charge in [0, 0.05) is 6.54 Å². The number of rotatable bonds is 12. The van der Waals surface area contributed by atoms with Crippen LogP contribution in [0.25, 0.3) is 0 Å². The van der Waals surface area contributed by atoms with Gasteiger partial charge in [-0.05, 0) is 13.0 Å². The number of hydrogen-bond donors (Lipinski definition) is 0. The second-order valence-corrected chi connectivity index (χ2v) is 5.54. The standard InChI is InChI=1S/C14H32NP.BrH/c1-3-5-6-7-8-9-10-11-12-13-14-15(16)4-2;/h3-14,16H2,1-2H3;1H. The van der Waals surface area contributed by atoms with Crippen LogP contribution in [0.15, 0.2) is 0 Å². The van der Waals surface area contributed by atoms with Crippen LogP contribution in [0.3, 0.4) is 0 Å². The van der Waals surface area contributed by atoms with Gasteiger partial charge in [-0.2, -0.15) is 0 Å². The van der Waals surface area contributed by atoms with E-state index in [9.17, 15) is 0 Å². The summed E-state index contributed by atoms with van der Waals surface area (Å²) in [7, 11) is 2.80. The van der Waals surface area contributed by atoms with Crippen molar-refractivity contribution in [3.63, 3.8) is 0 Å². The lowest BCUT2D eigenvalue weighted by Gasteiger charge is -2.12. The molecule has 3 heteroatoms. The Balaban J connectivity index is 0. The van der Waals surface area contributed by atoms with Gasteiger partial charge >= 0.3 is 0 Å². The first kappa shape index (κ1) is 20.2. The summed E-state index contributed by atoms with van der Waals surface area (Å²) in [5.74, 6) is 0. The van der Waals surface area contributed by atoms with Crippen LogP contribution in [-0.2, 0) is 0 Å². The van der Waals surface area contributed by atoms with E-state index >= 15 is 0 Å². The Morgan fingerprint density at radius 2 is 1.12 bits per heavy atom. The Morgan fingerprint density at radius 1 is 0.706 bits per heavy atom. The molecule has 0 aromatic heterocycles. The molecule has 0 fully saturated rings. The first-order chi connectivity index (χ1) is 7.81. The number of nitrogens with zero attached hydrogens (tertiary/aromatic N) is 1. The van der Waals surface area contributed by atoms with E-state index in [0.29, 0.717) is 0 Å². The maximum Gasteiger partial charge on any atom is 0.00160 e. The van der Waals surface area contributed by atoms with E-state index in [1.54, 1.807) is 0 Å². The smallest absolute Gasteiger partial charge is 0.00160 e. The molecular weight excluding hydrogens is 293 g/mol. The highest BCUT2D eigenvalue weighted by Gasteiger charge is 1.95. The molecule has 0 aliphatic rings. The molecule has 0 aromatic rings. The van der Waals surface area contributed by atoms with Crippen molar-refractivity contribution in [2.45, 2.75) is 78.1 Å². The van der Waals surface area contributed by atoms with Crippen LogP contribution in [0.1, 0.15) is 78.1 Å². The Hall–Kier alpha value is 0.870. The summed E-state index contributed by atoms with van der Waals surface area (Å²) < 4.78 is 2.32. The third kappa shape index (κ3) is 16.9. The van der Waals surface area contributed by atoms with E-state index in [4.69, 9.17) is 0 Å². The zero-order valence-corrected chi connectivity index (χ0v) is 14.8. The highest BCUT2D eigenvalue weighted by molar-refractivity contribution is 8.93. The van der Waals surface area contributed by atoms with Crippen molar-refractivity contribution in [1.29, 1.82) is 0 Å². The molecule has 0 heterocycles. The predicted octanol–water partition coefficient (Wildman–Crippen LogP) is 5.60. The van der Waals surface area contributed by atoms with Crippen molar-refractivity contribution in [2.75, 3.05) is 13.1 Å². The van der Waals surface area contributed by atoms with Gasteiger partial charge in [0.15, 0.2) is 0 Å². The van der Waals surface area contributed by atoms with Crippen LogP contribution < -0.4 is 0 Å². The zero-order chi connectivity index (χ0) is 12.1. The highest BCUT2D eigenvalue weighted by atomic mass is 79.9. The van der Waals surface area contributed by atoms with Crippen LogP contribution >= 0.6 is 26.4 Å².